The van der Waals surface area contributed by atoms with Gasteiger partial charge in [0.25, 0.3) is 0 Å². The summed E-state index contributed by atoms with van der Waals surface area (Å²) in [6.45, 7) is 1.85. The normalized spacial score (nSPS) is 15.9. The predicted octanol–water partition coefficient (Wildman–Crippen LogP) is 4.83. The SMILES string of the molecule is CN(Cc1nc2ccc(F)cc2[nH]1)C(=O)CCN1Cc2ccccc2OC(c2ccccc2F)C1. The molecule has 3 aromatic carbocycles. The number of imidazole rings is 1. The molecule has 0 fully saturated rings. The lowest BCUT2D eigenvalue weighted by Crippen LogP contribution is -2.34. The van der Waals surface area contributed by atoms with Crippen LogP contribution < -0.4 is 4.74 Å². The van der Waals surface area contributed by atoms with Crippen LogP contribution in [-0.4, -0.2) is 45.8 Å². The molecule has 1 atom stereocenters. The fourth-order valence-corrected chi connectivity index (χ4v) is 4.42. The third-order valence-corrected chi connectivity index (χ3v) is 6.26. The molecule has 4 aromatic rings. The topological polar surface area (TPSA) is 61.5 Å². The Hall–Kier alpha value is -3.78. The van der Waals surface area contributed by atoms with Crippen LogP contribution in [0.2, 0.25) is 0 Å². The van der Waals surface area contributed by atoms with Gasteiger partial charge in [0.2, 0.25) is 5.91 Å². The number of hydrogen-bond acceptors (Lipinski definition) is 4. The Kier molecular flexibility index (Phi) is 6.46. The van der Waals surface area contributed by atoms with Crippen LogP contribution in [0.4, 0.5) is 8.78 Å². The van der Waals surface area contributed by atoms with Crippen molar-refractivity contribution in [1.82, 2.24) is 19.8 Å². The number of aromatic nitrogens is 2. The summed E-state index contributed by atoms with van der Waals surface area (Å²) in [4.78, 5) is 24.1. The quantitative estimate of drug-likeness (QED) is 0.433. The lowest BCUT2D eigenvalue weighted by molar-refractivity contribution is -0.131. The molecule has 2 heterocycles. The maximum atomic E-state index is 14.5. The monoisotopic (exact) mass is 476 g/mol. The van der Waals surface area contributed by atoms with Crippen molar-refractivity contribution in [2.45, 2.75) is 25.6 Å². The van der Waals surface area contributed by atoms with Crippen molar-refractivity contribution in [2.75, 3.05) is 20.1 Å². The van der Waals surface area contributed by atoms with Crippen molar-refractivity contribution in [3.05, 3.63) is 95.3 Å². The van der Waals surface area contributed by atoms with Crippen molar-refractivity contribution in [3.8, 4) is 5.75 Å². The largest absolute Gasteiger partial charge is 0.484 e. The van der Waals surface area contributed by atoms with Gasteiger partial charge in [-0.05, 0) is 30.3 Å². The number of ether oxygens (including phenoxy) is 1. The van der Waals surface area contributed by atoms with Crippen LogP contribution in [0, 0.1) is 11.6 Å². The molecule has 0 bridgehead atoms. The number of H-pyrrole nitrogens is 1. The first kappa shape index (κ1) is 23.0. The van der Waals surface area contributed by atoms with E-state index in [4.69, 9.17) is 4.74 Å². The van der Waals surface area contributed by atoms with Gasteiger partial charge in [0, 0.05) is 44.2 Å². The number of hydrogen-bond donors (Lipinski definition) is 1. The van der Waals surface area contributed by atoms with E-state index in [0.29, 0.717) is 48.6 Å². The molecule has 1 N–H and O–H groups in total. The van der Waals surface area contributed by atoms with E-state index in [1.807, 2.05) is 24.3 Å². The molecule has 1 aliphatic heterocycles. The summed E-state index contributed by atoms with van der Waals surface area (Å²) in [6.07, 6.45) is -0.194. The van der Waals surface area contributed by atoms with Crippen LogP contribution >= 0.6 is 0 Å². The molecule has 1 unspecified atom stereocenters. The number of nitrogens with zero attached hydrogens (tertiary/aromatic N) is 3. The van der Waals surface area contributed by atoms with Crippen LogP contribution in [0.1, 0.15) is 29.5 Å². The molecule has 0 aliphatic carbocycles. The minimum Gasteiger partial charge on any atom is -0.484 e. The minimum atomic E-state index is -0.483. The molecule has 6 nitrogen and oxygen atoms in total. The summed E-state index contributed by atoms with van der Waals surface area (Å²) < 4.78 is 34.2. The van der Waals surface area contributed by atoms with Gasteiger partial charge in [-0.2, -0.15) is 0 Å². The second-order valence-electron chi connectivity index (χ2n) is 8.82. The summed E-state index contributed by atoms with van der Waals surface area (Å²) in [6, 6.07) is 18.7. The molecule has 0 saturated carbocycles. The zero-order valence-electron chi connectivity index (χ0n) is 19.4. The number of carbonyl (C=O) groups is 1. The van der Waals surface area contributed by atoms with E-state index in [1.165, 1.54) is 18.2 Å². The fourth-order valence-electron chi connectivity index (χ4n) is 4.42. The molecule has 0 spiro atoms. The Bertz CT molecular complexity index is 1360. The highest BCUT2D eigenvalue weighted by Crippen LogP contribution is 2.32. The Morgan fingerprint density at radius 2 is 1.94 bits per heavy atom. The zero-order chi connectivity index (χ0) is 24.4. The Balaban J connectivity index is 1.26. The smallest absolute Gasteiger partial charge is 0.224 e. The van der Waals surface area contributed by atoms with E-state index in [1.54, 1.807) is 36.2 Å². The Morgan fingerprint density at radius 1 is 1.14 bits per heavy atom. The zero-order valence-corrected chi connectivity index (χ0v) is 19.4. The van der Waals surface area contributed by atoms with E-state index in [2.05, 4.69) is 14.9 Å². The maximum Gasteiger partial charge on any atom is 0.224 e. The highest BCUT2D eigenvalue weighted by atomic mass is 19.1. The van der Waals surface area contributed by atoms with Crippen LogP contribution in [0.25, 0.3) is 11.0 Å². The van der Waals surface area contributed by atoms with Gasteiger partial charge in [0.1, 0.15) is 29.3 Å². The van der Waals surface area contributed by atoms with Gasteiger partial charge >= 0.3 is 0 Å². The van der Waals surface area contributed by atoms with Crippen LogP contribution in [0.3, 0.4) is 0 Å². The number of nitrogens with one attached hydrogen (secondary N) is 1. The van der Waals surface area contributed by atoms with Crippen LogP contribution in [0.5, 0.6) is 5.75 Å². The van der Waals surface area contributed by atoms with Crippen molar-refractivity contribution in [3.63, 3.8) is 0 Å². The van der Waals surface area contributed by atoms with E-state index in [-0.39, 0.29) is 24.0 Å². The molecule has 0 radical (unpaired) electrons. The lowest BCUT2D eigenvalue weighted by atomic mass is 10.1. The molecule has 8 heteroatoms. The van der Waals surface area contributed by atoms with E-state index >= 15 is 0 Å². The molecule has 35 heavy (non-hydrogen) atoms. The second-order valence-corrected chi connectivity index (χ2v) is 8.82. The highest BCUT2D eigenvalue weighted by molar-refractivity contribution is 5.77. The second kappa shape index (κ2) is 9.84. The third kappa shape index (κ3) is 5.17. The first-order valence-electron chi connectivity index (χ1n) is 11.6. The standard InChI is InChI=1S/C27H26F2N4O2/c1-32(17-26-30-22-11-10-19(28)14-23(22)31-26)27(34)12-13-33-15-18-6-2-5-9-24(18)35-25(16-33)20-7-3-4-8-21(20)29/h2-11,14,25H,12-13,15-17H2,1H3,(H,30,31). The van der Waals surface area contributed by atoms with Crippen molar-refractivity contribution >= 4 is 16.9 Å². The summed E-state index contributed by atoms with van der Waals surface area (Å²) in [5.41, 5.74) is 2.76. The van der Waals surface area contributed by atoms with Gasteiger partial charge in [0.05, 0.1) is 17.6 Å². The molecule has 1 amide bonds. The van der Waals surface area contributed by atoms with Gasteiger partial charge in [-0.1, -0.05) is 36.4 Å². The average Bonchev–Trinajstić information content (AvgIpc) is 3.14. The molecule has 0 saturated heterocycles. The Labute approximate surface area is 202 Å². The molecular weight excluding hydrogens is 450 g/mol. The predicted molar refractivity (Wildman–Crippen MR) is 129 cm³/mol. The summed E-state index contributed by atoms with van der Waals surface area (Å²) in [5, 5.41) is 0. The highest BCUT2D eigenvalue weighted by Gasteiger charge is 2.26. The summed E-state index contributed by atoms with van der Waals surface area (Å²) in [7, 11) is 1.72. The number of benzene rings is 3. The van der Waals surface area contributed by atoms with Gasteiger partial charge in [-0.25, -0.2) is 13.8 Å². The summed E-state index contributed by atoms with van der Waals surface area (Å²) >= 11 is 0. The summed E-state index contributed by atoms with van der Waals surface area (Å²) in [5.74, 6) is 0.635. The van der Waals surface area contributed by atoms with Gasteiger partial charge in [-0.3, -0.25) is 9.69 Å². The number of aromatic amines is 1. The van der Waals surface area contributed by atoms with E-state index in [0.717, 1.165) is 11.3 Å². The number of rotatable bonds is 6. The number of fused-ring (bicyclic) bond motifs is 2. The molecular formula is C27H26F2N4O2. The first-order valence-corrected chi connectivity index (χ1v) is 11.6. The number of carbonyl (C=O) groups excluding carboxylic acids is 1. The average molecular weight is 477 g/mol. The first-order chi connectivity index (χ1) is 17.0. The van der Waals surface area contributed by atoms with E-state index in [9.17, 15) is 13.6 Å². The number of halogens is 2. The van der Waals surface area contributed by atoms with Crippen molar-refractivity contribution < 1.29 is 18.3 Å². The van der Waals surface area contributed by atoms with Crippen molar-refractivity contribution in [1.29, 1.82) is 0 Å². The minimum absolute atomic E-state index is 0.0440. The molecule has 1 aromatic heterocycles. The van der Waals surface area contributed by atoms with Gasteiger partial charge in [-0.15, -0.1) is 0 Å². The molecule has 1 aliphatic rings. The third-order valence-electron chi connectivity index (χ3n) is 6.26. The van der Waals surface area contributed by atoms with Crippen molar-refractivity contribution in [2.24, 2.45) is 0 Å². The number of amides is 1. The maximum absolute atomic E-state index is 14.5. The molecule has 5 rings (SSSR count). The lowest BCUT2D eigenvalue weighted by Gasteiger charge is -2.25. The van der Waals surface area contributed by atoms with Gasteiger partial charge < -0.3 is 14.6 Å². The van der Waals surface area contributed by atoms with E-state index < -0.39 is 6.10 Å². The van der Waals surface area contributed by atoms with Crippen LogP contribution in [-0.2, 0) is 17.9 Å². The Morgan fingerprint density at radius 3 is 2.80 bits per heavy atom. The molecule has 180 valence electrons. The number of para-hydroxylation sites is 1. The van der Waals surface area contributed by atoms with Crippen LogP contribution in [0.15, 0.2) is 66.7 Å². The fraction of sp³-hybridized carbons (Fsp3) is 0.259. The van der Waals surface area contributed by atoms with Gasteiger partial charge in [0.15, 0.2) is 0 Å².